The first-order chi connectivity index (χ1) is 7.84. The molecular weight excluding hydrogens is 198 g/mol. The number of rotatable bonds is 1. The van der Waals surface area contributed by atoms with E-state index in [1.54, 1.807) is 0 Å². The minimum atomic E-state index is 0.899. The molecule has 16 heavy (non-hydrogen) atoms. The molecule has 0 aliphatic heterocycles. The van der Waals surface area contributed by atoms with Gasteiger partial charge in [-0.2, -0.15) is 0 Å². The normalized spacial score (nSPS) is 10.8. The highest BCUT2D eigenvalue weighted by Gasteiger charge is 2.06. The molecule has 78 valence electrons. The summed E-state index contributed by atoms with van der Waals surface area (Å²) >= 11 is 0. The average Bonchev–Trinajstić information content (AvgIpc) is 2.75. The van der Waals surface area contributed by atoms with Crippen molar-refractivity contribution in [1.29, 1.82) is 0 Å². The highest BCUT2D eigenvalue weighted by molar-refractivity contribution is 5.92. The minimum absolute atomic E-state index is 0.899. The Hall–Kier alpha value is -2.16. The number of nitrogens with one attached hydrogen (secondary N) is 1. The summed E-state index contributed by atoms with van der Waals surface area (Å²) in [7, 11) is 0. The van der Waals surface area contributed by atoms with Gasteiger partial charge in [0, 0.05) is 29.0 Å². The lowest BCUT2D eigenvalue weighted by Gasteiger charge is -2.02. The van der Waals surface area contributed by atoms with Crippen molar-refractivity contribution in [1.82, 2.24) is 15.0 Å². The first-order valence-electron chi connectivity index (χ1n) is 5.20. The molecule has 3 rings (SSSR count). The van der Waals surface area contributed by atoms with Gasteiger partial charge < -0.3 is 4.98 Å². The highest BCUT2D eigenvalue weighted by atomic mass is 14.9. The predicted octanol–water partition coefficient (Wildman–Crippen LogP) is 2.93. The fourth-order valence-corrected chi connectivity index (χ4v) is 1.85. The monoisotopic (exact) mass is 209 g/mol. The number of hydrogen-bond acceptors (Lipinski definition) is 2. The number of nitrogens with zero attached hydrogens (tertiary/aromatic N) is 2. The molecule has 0 fully saturated rings. The topological polar surface area (TPSA) is 41.6 Å². The van der Waals surface area contributed by atoms with E-state index in [1.165, 1.54) is 0 Å². The Labute approximate surface area is 93.2 Å². The van der Waals surface area contributed by atoms with Crippen LogP contribution >= 0.6 is 0 Å². The molecule has 2 aromatic heterocycles. The Kier molecular flexibility index (Phi) is 1.96. The summed E-state index contributed by atoms with van der Waals surface area (Å²) < 4.78 is 0. The molecule has 1 aromatic carbocycles. The number of fused-ring (bicyclic) bond motifs is 1. The summed E-state index contributed by atoms with van der Waals surface area (Å²) in [5, 5.41) is 1.12. The standard InChI is InChI=1S/C13H11N3/c1-9-8-15-13(16-9)11-6-7-14-12-5-3-2-4-10(11)12/h2-8H,1H3,(H,15,16). The number of hydrogen-bond donors (Lipinski definition) is 1. The highest BCUT2D eigenvalue weighted by Crippen LogP contribution is 2.24. The van der Waals surface area contributed by atoms with Crippen LogP contribution in [-0.2, 0) is 0 Å². The van der Waals surface area contributed by atoms with Crippen LogP contribution in [0, 0.1) is 6.92 Å². The van der Waals surface area contributed by atoms with Gasteiger partial charge in [0.2, 0.25) is 0 Å². The molecule has 0 saturated carbocycles. The largest absolute Gasteiger partial charge is 0.342 e. The van der Waals surface area contributed by atoms with Gasteiger partial charge in [-0.05, 0) is 19.1 Å². The SMILES string of the molecule is Cc1cnc(-c2ccnc3ccccc23)[nH]1. The summed E-state index contributed by atoms with van der Waals surface area (Å²) in [4.78, 5) is 11.9. The maximum Gasteiger partial charge on any atom is 0.138 e. The third-order valence-electron chi connectivity index (χ3n) is 2.61. The summed E-state index contributed by atoms with van der Waals surface area (Å²) in [6, 6.07) is 10.1. The minimum Gasteiger partial charge on any atom is -0.342 e. The molecule has 0 spiro atoms. The van der Waals surface area contributed by atoms with Crippen LogP contribution in [0.15, 0.2) is 42.7 Å². The van der Waals surface area contributed by atoms with E-state index in [2.05, 4.69) is 21.0 Å². The molecule has 0 saturated heterocycles. The number of aryl methyl sites for hydroxylation is 1. The van der Waals surface area contributed by atoms with Crippen LogP contribution < -0.4 is 0 Å². The first-order valence-corrected chi connectivity index (χ1v) is 5.20. The number of aromatic nitrogens is 3. The van der Waals surface area contributed by atoms with Crippen LogP contribution in [0.4, 0.5) is 0 Å². The summed E-state index contributed by atoms with van der Waals surface area (Å²) in [5.41, 5.74) is 3.16. The van der Waals surface area contributed by atoms with Crippen LogP contribution in [-0.4, -0.2) is 15.0 Å². The van der Waals surface area contributed by atoms with Gasteiger partial charge in [0.1, 0.15) is 5.82 Å². The lowest BCUT2D eigenvalue weighted by molar-refractivity contribution is 1.25. The van der Waals surface area contributed by atoms with E-state index >= 15 is 0 Å². The number of para-hydroxylation sites is 1. The molecule has 0 amide bonds. The van der Waals surface area contributed by atoms with Crippen molar-refractivity contribution in [3.63, 3.8) is 0 Å². The molecule has 3 nitrogen and oxygen atoms in total. The van der Waals surface area contributed by atoms with Crippen LogP contribution in [0.3, 0.4) is 0 Å². The molecule has 0 aliphatic rings. The lowest BCUT2D eigenvalue weighted by atomic mass is 10.1. The Balaban J connectivity index is 2.31. The second kappa shape index (κ2) is 3.45. The number of benzene rings is 1. The van der Waals surface area contributed by atoms with Gasteiger partial charge in [0.15, 0.2) is 0 Å². The van der Waals surface area contributed by atoms with Crippen molar-refractivity contribution >= 4 is 10.9 Å². The number of aromatic amines is 1. The Morgan fingerprint density at radius 1 is 1.06 bits per heavy atom. The van der Waals surface area contributed by atoms with Gasteiger partial charge in [0.05, 0.1) is 5.52 Å². The Bertz CT molecular complexity index is 635. The van der Waals surface area contributed by atoms with E-state index in [1.807, 2.05) is 43.6 Å². The molecule has 0 unspecified atom stereocenters. The van der Waals surface area contributed by atoms with E-state index in [9.17, 15) is 0 Å². The lowest BCUT2D eigenvalue weighted by Crippen LogP contribution is -1.85. The number of pyridine rings is 1. The van der Waals surface area contributed by atoms with Crippen molar-refractivity contribution in [2.45, 2.75) is 6.92 Å². The van der Waals surface area contributed by atoms with Crippen LogP contribution in [0.2, 0.25) is 0 Å². The van der Waals surface area contributed by atoms with Crippen LogP contribution in [0.1, 0.15) is 5.69 Å². The second-order valence-corrected chi connectivity index (χ2v) is 3.79. The molecule has 2 heterocycles. The summed E-state index contributed by atoms with van der Waals surface area (Å²) in [5.74, 6) is 0.899. The van der Waals surface area contributed by atoms with Crippen molar-refractivity contribution < 1.29 is 0 Å². The maximum absolute atomic E-state index is 4.35. The predicted molar refractivity (Wildman–Crippen MR) is 64.1 cm³/mol. The van der Waals surface area contributed by atoms with Crippen LogP contribution in [0.5, 0.6) is 0 Å². The smallest absolute Gasteiger partial charge is 0.138 e. The van der Waals surface area contributed by atoms with Crippen molar-refractivity contribution in [2.75, 3.05) is 0 Å². The summed E-state index contributed by atoms with van der Waals surface area (Å²) in [6.07, 6.45) is 3.65. The fraction of sp³-hybridized carbons (Fsp3) is 0.0769. The second-order valence-electron chi connectivity index (χ2n) is 3.79. The van der Waals surface area contributed by atoms with E-state index in [0.29, 0.717) is 0 Å². The summed E-state index contributed by atoms with van der Waals surface area (Å²) in [6.45, 7) is 2.00. The molecule has 1 N–H and O–H groups in total. The van der Waals surface area contributed by atoms with Gasteiger partial charge >= 0.3 is 0 Å². The third-order valence-corrected chi connectivity index (χ3v) is 2.61. The molecular formula is C13H11N3. The van der Waals surface area contributed by atoms with Gasteiger partial charge in [-0.15, -0.1) is 0 Å². The quantitative estimate of drug-likeness (QED) is 0.669. The number of H-pyrrole nitrogens is 1. The van der Waals surface area contributed by atoms with Crippen molar-refractivity contribution in [3.8, 4) is 11.4 Å². The molecule has 0 atom stereocenters. The van der Waals surface area contributed by atoms with Gasteiger partial charge in [0.25, 0.3) is 0 Å². The van der Waals surface area contributed by atoms with Gasteiger partial charge in [-0.25, -0.2) is 4.98 Å². The Morgan fingerprint density at radius 2 is 1.94 bits per heavy atom. The molecule has 0 bridgehead atoms. The van der Waals surface area contributed by atoms with E-state index in [-0.39, 0.29) is 0 Å². The van der Waals surface area contributed by atoms with Crippen LogP contribution in [0.25, 0.3) is 22.3 Å². The fourth-order valence-electron chi connectivity index (χ4n) is 1.85. The van der Waals surface area contributed by atoms with Gasteiger partial charge in [-0.3, -0.25) is 4.98 Å². The Morgan fingerprint density at radius 3 is 2.75 bits per heavy atom. The molecule has 3 aromatic rings. The van der Waals surface area contributed by atoms with Gasteiger partial charge in [-0.1, -0.05) is 18.2 Å². The molecule has 0 aliphatic carbocycles. The number of imidazole rings is 1. The zero-order valence-electron chi connectivity index (χ0n) is 8.94. The van der Waals surface area contributed by atoms with E-state index in [0.717, 1.165) is 28.0 Å². The average molecular weight is 209 g/mol. The third kappa shape index (κ3) is 1.37. The van der Waals surface area contributed by atoms with E-state index in [4.69, 9.17) is 0 Å². The zero-order chi connectivity index (χ0) is 11.0. The van der Waals surface area contributed by atoms with E-state index < -0.39 is 0 Å². The zero-order valence-corrected chi connectivity index (χ0v) is 8.94. The molecule has 0 radical (unpaired) electrons. The van der Waals surface area contributed by atoms with Crippen molar-refractivity contribution in [3.05, 3.63) is 48.4 Å². The maximum atomic E-state index is 4.35. The van der Waals surface area contributed by atoms with Crippen molar-refractivity contribution in [2.24, 2.45) is 0 Å². The first kappa shape index (κ1) is 9.09. The molecule has 3 heteroatoms.